The minimum atomic E-state index is 0.516. The van der Waals surface area contributed by atoms with E-state index in [1.807, 2.05) is 12.1 Å². The van der Waals surface area contributed by atoms with Crippen molar-refractivity contribution >= 4 is 0 Å². The van der Waals surface area contributed by atoms with Crippen molar-refractivity contribution in [2.75, 3.05) is 7.11 Å². The Hall–Kier alpha value is -1.24. The Morgan fingerprint density at radius 3 is 2.71 bits per heavy atom. The molecule has 0 fully saturated rings. The molecule has 14 heavy (non-hydrogen) atoms. The zero-order chi connectivity index (χ0) is 10.4. The van der Waals surface area contributed by atoms with Crippen LogP contribution in [0.4, 0.5) is 0 Å². The van der Waals surface area contributed by atoms with Crippen molar-refractivity contribution in [3.05, 3.63) is 42.0 Å². The molecule has 0 saturated heterocycles. The fourth-order valence-electron chi connectivity index (χ4n) is 1.54. The van der Waals surface area contributed by atoms with Crippen molar-refractivity contribution in [3.8, 4) is 5.75 Å². The van der Waals surface area contributed by atoms with Crippen molar-refractivity contribution in [3.63, 3.8) is 0 Å². The Balaban J connectivity index is 2.82. The van der Waals surface area contributed by atoms with Gasteiger partial charge in [-0.25, -0.2) is 0 Å². The molecule has 1 aromatic rings. The average Bonchev–Trinajstić information content (AvgIpc) is 2.25. The second-order valence-corrected chi connectivity index (χ2v) is 3.45. The summed E-state index contributed by atoms with van der Waals surface area (Å²) >= 11 is 0. The highest BCUT2D eigenvalue weighted by atomic mass is 16.5. The van der Waals surface area contributed by atoms with Gasteiger partial charge in [0.15, 0.2) is 0 Å². The molecule has 0 aliphatic rings. The predicted octanol–water partition coefficient (Wildman–Crippen LogP) is 3.76. The van der Waals surface area contributed by atoms with Crippen molar-refractivity contribution in [1.82, 2.24) is 0 Å². The molecule has 1 atom stereocenters. The average molecular weight is 190 g/mol. The normalized spacial score (nSPS) is 13.1. The maximum atomic E-state index is 5.32. The van der Waals surface area contributed by atoms with E-state index in [4.69, 9.17) is 4.74 Å². The van der Waals surface area contributed by atoms with Crippen LogP contribution < -0.4 is 4.74 Å². The monoisotopic (exact) mass is 190 g/mol. The standard InChI is InChI=1S/C13H18O/c1-4-5-8-11(2)12-9-6-7-10-13(12)14-3/h4-7,9-11H,8H2,1-3H3/b5-4-. The van der Waals surface area contributed by atoms with Gasteiger partial charge in [-0.2, -0.15) is 0 Å². The van der Waals surface area contributed by atoms with E-state index in [2.05, 4.69) is 38.1 Å². The molecule has 0 radical (unpaired) electrons. The number of methoxy groups -OCH3 is 1. The van der Waals surface area contributed by atoms with E-state index in [9.17, 15) is 0 Å². The maximum Gasteiger partial charge on any atom is 0.122 e. The lowest BCUT2D eigenvalue weighted by Crippen LogP contribution is -1.96. The molecule has 0 aromatic heterocycles. The SMILES string of the molecule is C/C=C\CC(C)c1ccccc1OC. The molecule has 0 amide bonds. The quantitative estimate of drug-likeness (QED) is 0.657. The van der Waals surface area contributed by atoms with Gasteiger partial charge >= 0.3 is 0 Å². The highest BCUT2D eigenvalue weighted by Gasteiger charge is 2.08. The molecule has 0 N–H and O–H groups in total. The van der Waals surface area contributed by atoms with Crippen LogP contribution >= 0.6 is 0 Å². The molecular weight excluding hydrogens is 172 g/mol. The van der Waals surface area contributed by atoms with E-state index in [1.165, 1.54) is 5.56 Å². The molecule has 1 unspecified atom stereocenters. The van der Waals surface area contributed by atoms with Crippen LogP contribution in [0.3, 0.4) is 0 Å². The van der Waals surface area contributed by atoms with Crippen molar-refractivity contribution < 1.29 is 4.74 Å². The second-order valence-electron chi connectivity index (χ2n) is 3.45. The summed E-state index contributed by atoms with van der Waals surface area (Å²) in [7, 11) is 1.72. The maximum absolute atomic E-state index is 5.32. The molecule has 0 spiro atoms. The van der Waals surface area contributed by atoms with Crippen molar-refractivity contribution in [2.24, 2.45) is 0 Å². The molecule has 0 bridgehead atoms. The Kier molecular flexibility index (Phi) is 4.24. The lowest BCUT2D eigenvalue weighted by molar-refractivity contribution is 0.406. The van der Waals surface area contributed by atoms with Crippen LogP contribution in [0.25, 0.3) is 0 Å². The number of hydrogen-bond acceptors (Lipinski definition) is 1. The summed E-state index contributed by atoms with van der Waals surface area (Å²) in [4.78, 5) is 0. The number of rotatable bonds is 4. The summed E-state index contributed by atoms with van der Waals surface area (Å²) in [6.07, 6.45) is 5.35. The molecule has 0 saturated carbocycles. The van der Waals surface area contributed by atoms with Gasteiger partial charge in [0.05, 0.1) is 7.11 Å². The molecule has 1 heteroatoms. The van der Waals surface area contributed by atoms with E-state index >= 15 is 0 Å². The lowest BCUT2D eigenvalue weighted by Gasteiger charge is -2.13. The zero-order valence-corrected chi connectivity index (χ0v) is 9.16. The van der Waals surface area contributed by atoms with Crippen LogP contribution in [0.2, 0.25) is 0 Å². The summed E-state index contributed by atoms with van der Waals surface area (Å²) in [5.41, 5.74) is 1.29. The number of para-hydroxylation sites is 1. The van der Waals surface area contributed by atoms with E-state index in [-0.39, 0.29) is 0 Å². The summed E-state index contributed by atoms with van der Waals surface area (Å²) in [5, 5.41) is 0. The number of hydrogen-bond donors (Lipinski definition) is 0. The molecule has 1 nitrogen and oxygen atoms in total. The topological polar surface area (TPSA) is 9.23 Å². The first kappa shape index (κ1) is 10.8. The van der Waals surface area contributed by atoms with Gasteiger partial charge in [0.2, 0.25) is 0 Å². The molecular formula is C13H18O. The minimum Gasteiger partial charge on any atom is -0.496 e. The van der Waals surface area contributed by atoms with Gasteiger partial charge in [-0.1, -0.05) is 37.3 Å². The molecule has 76 valence electrons. The third-order valence-corrected chi connectivity index (χ3v) is 2.40. The van der Waals surface area contributed by atoms with Crippen LogP contribution in [0.5, 0.6) is 5.75 Å². The Labute approximate surface area is 86.4 Å². The van der Waals surface area contributed by atoms with Crippen LogP contribution in [-0.2, 0) is 0 Å². The number of ether oxygens (including phenoxy) is 1. The first-order chi connectivity index (χ1) is 6.79. The fourth-order valence-corrected chi connectivity index (χ4v) is 1.54. The first-order valence-corrected chi connectivity index (χ1v) is 5.03. The predicted molar refractivity (Wildman–Crippen MR) is 60.8 cm³/mol. The van der Waals surface area contributed by atoms with Gasteiger partial charge in [0.25, 0.3) is 0 Å². The smallest absolute Gasteiger partial charge is 0.122 e. The van der Waals surface area contributed by atoms with Crippen LogP contribution in [0.15, 0.2) is 36.4 Å². The molecule has 1 aromatic carbocycles. The fraction of sp³-hybridized carbons (Fsp3) is 0.385. The van der Waals surface area contributed by atoms with Gasteiger partial charge in [-0.3, -0.25) is 0 Å². The molecule has 0 aliphatic heterocycles. The summed E-state index contributed by atoms with van der Waals surface area (Å²) < 4.78 is 5.32. The van der Waals surface area contributed by atoms with Crippen molar-refractivity contribution in [2.45, 2.75) is 26.2 Å². The summed E-state index contributed by atoms with van der Waals surface area (Å²) in [6.45, 7) is 4.27. The Morgan fingerprint density at radius 2 is 2.07 bits per heavy atom. The second kappa shape index (κ2) is 5.48. The highest BCUT2D eigenvalue weighted by molar-refractivity contribution is 5.36. The first-order valence-electron chi connectivity index (χ1n) is 5.03. The van der Waals surface area contributed by atoms with E-state index in [0.717, 1.165) is 12.2 Å². The van der Waals surface area contributed by atoms with E-state index in [1.54, 1.807) is 7.11 Å². The van der Waals surface area contributed by atoms with Gasteiger partial charge < -0.3 is 4.74 Å². The van der Waals surface area contributed by atoms with Crippen molar-refractivity contribution in [1.29, 1.82) is 0 Å². The van der Waals surface area contributed by atoms with Crippen LogP contribution in [0.1, 0.15) is 31.7 Å². The molecule has 0 aliphatic carbocycles. The van der Waals surface area contributed by atoms with Gasteiger partial charge in [-0.05, 0) is 30.9 Å². The van der Waals surface area contributed by atoms with Gasteiger partial charge in [-0.15, -0.1) is 0 Å². The van der Waals surface area contributed by atoms with Gasteiger partial charge in [0.1, 0.15) is 5.75 Å². The largest absolute Gasteiger partial charge is 0.496 e. The summed E-state index contributed by atoms with van der Waals surface area (Å²) in [6, 6.07) is 8.21. The highest BCUT2D eigenvalue weighted by Crippen LogP contribution is 2.28. The Morgan fingerprint density at radius 1 is 1.36 bits per heavy atom. The van der Waals surface area contributed by atoms with E-state index < -0.39 is 0 Å². The zero-order valence-electron chi connectivity index (χ0n) is 9.16. The third kappa shape index (κ3) is 2.63. The number of benzene rings is 1. The lowest BCUT2D eigenvalue weighted by atomic mass is 9.97. The summed E-state index contributed by atoms with van der Waals surface area (Å²) in [5.74, 6) is 1.51. The van der Waals surface area contributed by atoms with Crippen LogP contribution in [0, 0.1) is 0 Å². The van der Waals surface area contributed by atoms with Gasteiger partial charge in [0, 0.05) is 0 Å². The van der Waals surface area contributed by atoms with Crippen LogP contribution in [-0.4, -0.2) is 7.11 Å². The van der Waals surface area contributed by atoms with E-state index in [0.29, 0.717) is 5.92 Å². The third-order valence-electron chi connectivity index (χ3n) is 2.40. The Bertz CT molecular complexity index is 302. The molecule has 1 rings (SSSR count). The number of allylic oxidation sites excluding steroid dienone is 2. The minimum absolute atomic E-state index is 0.516. The molecule has 0 heterocycles.